The first-order valence-corrected chi connectivity index (χ1v) is 6.76. The second-order valence-electron chi connectivity index (χ2n) is 5.62. The van der Waals surface area contributed by atoms with Crippen molar-refractivity contribution < 1.29 is 9.53 Å². The largest absolute Gasteiger partial charge is 0.469 e. The first-order chi connectivity index (χ1) is 9.53. The fourth-order valence-corrected chi connectivity index (χ4v) is 2.30. The lowest BCUT2D eigenvalue weighted by molar-refractivity contribution is -0.150. The SMILES string of the molecule is COC(=O)C(C)(C)Cc1ccc(-c2ccccc2)cc1. The van der Waals surface area contributed by atoms with Crippen molar-refractivity contribution in [2.45, 2.75) is 20.3 Å². The van der Waals surface area contributed by atoms with Crippen molar-refractivity contribution >= 4 is 5.97 Å². The maximum atomic E-state index is 11.7. The van der Waals surface area contributed by atoms with Gasteiger partial charge in [0.15, 0.2) is 0 Å². The Balaban J connectivity index is 2.15. The van der Waals surface area contributed by atoms with E-state index in [1.54, 1.807) is 0 Å². The van der Waals surface area contributed by atoms with Crippen LogP contribution in [0.4, 0.5) is 0 Å². The van der Waals surface area contributed by atoms with Gasteiger partial charge in [0.25, 0.3) is 0 Å². The van der Waals surface area contributed by atoms with E-state index in [0.29, 0.717) is 6.42 Å². The summed E-state index contributed by atoms with van der Waals surface area (Å²) in [5.74, 6) is -0.176. The lowest BCUT2D eigenvalue weighted by Crippen LogP contribution is -2.27. The summed E-state index contributed by atoms with van der Waals surface area (Å²) in [4.78, 5) is 11.7. The second-order valence-corrected chi connectivity index (χ2v) is 5.62. The van der Waals surface area contributed by atoms with Gasteiger partial charge in [0, 0.05) is 0 Å². The molecule has 2 nitrogen and oxygen atoms in total. The monoisotopic (exact) mass is 268 g/mol. The highest BCUT2D eigenvalue weighted by molar-refractivity contribution is 5.76. The van der Waals surface area contributed by atoms with Gasteiger partial charge in [0.2, 0.25) is 0 Å². The minimum atomic E-state index is -0.497. The van der Waals surface area contributed by atoms with Gasteiger partial charge >= 0.3 is 5.97 Å². The van der Waals surface area contributed by atoms with Crippen molar-refractivity contribution in [1.82, 2.24) is 0 Å². The van der Waals surface area contributed by atoms with E-state index in [9.17, 15) is 4.79 Å². The van der Waals surface area contributed by atoms with E-state index in [1.165, 1.54) is 18.2 Å². The Hall–Kier alpha value is -2.09. The van der Waals surface area contributed by atoms with E-state index < -0.39 is 5.41 Å². The van der Waals surface area contributed by atoms with Crippen LogP contribution in [0.25, 0.3) is 11.1 Å². The number of rotatable bonds is 4. The van der Waals surface area contributed by atoms with Gasteiger partial charge in [0.1, 0.15) is 0 Å². The summed E-state index contributed by atoms with van der Waals surface area (Å²) in [7, 11) is 1.43. The van der Waals surface area contributed by atoms with Crippen LogP contribution in [0.5, 0.6) is 0 Å². The average Bonchev–Trinajstić information content (AvgIpc) is 2.47. The fraction of sp³-hybridized carbons (Fsp3) is 0.278. The Morgan fingerprint density at radius 3 is 2.05 bits per heavy atom. The number of hydrogen-bond donors (Lipinski definition) is 0. The third-order valence-electron chi connectivity index (χ3n) is 3.45. The van der Waals surface area contributed by atoms with Crippen LogP contribution in [0.3, 0.4) is 0 Å². The highest BCUT2D eigenvalue weighted by atomic mass is 16.5. The molecule has 0 unspecified atom stereocenters. The molecule has 0 spiro atoms. The van der Waals surface area contributed by atoms with Gasteiger partial charge in [-0.25, -0.2) is 0 Å². The van der Waals surface area contributed by atoms with Crippen LogP contribution >= 0.6 is 0 Å². The predicted octanol–water partition coefficient (Wildman–Crippen LogP) is 4.10. The molecule has 2 heteroatoms. The van der Waals surface area contributed by atoms with Gasteiger partial charge in [-0.2, -0.15) is 0 Å². The van der Waals surface area contributed by atoms with Crippen molar-refractivity contribution in [1.29, 1.82) is 0 Å². The molecule has 0 atom stereocenters. The standard InChI is InChI=1S/C18H20O2/c1-18(2,17(19)20-3)13-14-9-11-16(12-10-14)15-7-5-4-6-8-15/h4-12H,13H2,1-3H3. The van der Waals surface area contributed by atoms with E-state index in [0.717, 1.165) is 5.56 Å². The highest BCUT2D eigenvalue weighted by Crippen LogP contribution is 2.25. The molecule has 0 radical (unpaired) electrons. The van der Waals surface area contributed by atoms with Gasteiger partial charge in [0.05, 0.1) is 12.5 Å². The van der Waals surface area contributed by atoms with Crippen molar-refractivity contribution in [3.05, 3.63) is 60.2 Å². The molecular weight excluding hydrogens is 248 g/mol. The summed E-state index contributed by atoms with van der Waals surface area (Å²) in [5.41, 5.74) is 3.03. The Labute approximate surface area is 120 Å². The molecule has 2 aromatic carbocycles. The van der Waals surface area contributed by atoms with Crippen molar-refractivity contribution in [2.75, 3.05) is 7.11 Å². The zero-order valence-electron chi connectivity index (χ0n) is 12.2. The van der Waals surface area contributed by atoms with E-state index in [4.69, 9.17) is 4.74 Å². The van der Waals surface area contributed by atoms with E-state index in [2.05, 4.69) is 36.4 Å². The van der Waals surface area contributed by atoms with Crippen LogP contribution in [0.2, 0.25) is 0 Å². The summed E-state index contributed by atoms with van der Waals surface area (Å²) < 4.78 is 4.84. The Morgan fingerprint density at radius 2 is 1.50 bits per heavy atom. The molecule has 0 aromatic heterocycles. The van der Waals surface area contributed by atoms with Crippen molar-refractivity contribution in [2.24, 2.45) is 5.41 Å². The van der Waals surface area contributed by atoms with Crippen LogP contribution in [0.1, 0.15) is 19.4 Å². The topological polar surface area (TPSA) is 26.3 Å². The Bertz CT molecular complexity index is 568. The van der Waals surface area contributed by atoms with Crippen LogP contribution in [0.15, 0.2) is 54.6 Å². The minimum absolute atomic E-state index is 0.176. The van der Waals surface area contributed by atoms with Gasteiger partial charge in [-0.3, -0.25) is 4.79 Å². The molecular formula is C18H20O2. The molecule has 0 saturated carbocycles. The highest BCUT2D eigenvalue weighted by Gasteiger charge is 2.28. The maximum Gasteiger partial charge on any atom is 0.311 e. The number of methoxy groups -OCH3 is 1. The van der Waals surface area contributed by atoms with E-state index in [1.807, 2.05) is 32.0 Å². The predicted molar refractivity (Wildman–Crippen MR) is 81.4 cm³/mol. The average molecular weight is 268 g/mol. The molecule has 0 amide bonds. The van der Waals surface area contributed by atoms with Crippen LogP contribution in [0, 0.1) is 5.41 Å². The number of hydrogen-bond acceptors (Lipinski definition) is 2. The molecule has 2 aromatic rings. The number of esters is 1. The van der Waals surface area contributed by atoms with Crippen LogP contribution in [-0.2, 0) is 16.0 Å². The van der Waals surface area contributed by atoms with Gasteiger partial charge in [-0.1, -0.05) is 54.6 Å². The minimum Gasteiger partial charge on any atom is -0.469 e. The lowest BCUT2D eigenvalue weighted by atomic mass is 9.85. The summed E-state index contributed by atoms with van der Waals surface area (Å²) in [6, 6.07) is 18.6. The first kappa shape index (κ1) is 14.3. The maximum absolute atomic E-state index is 11.7. The first-order valence-electron chi connectivity index (χ1n) is 6.76. The smallest absolute Gasteiger partial charge is 0.311 e. The van der Waals surface area contributed by atoms with E-state index >= 15 is 0 Å². The number of benzene rings is 2. The zero-order valence-corrected chi connectivity index (χ0v) is 12.2. The molecule has 0 aliphatic heterocycles. The third-order valence-corrected chi connectivity index (χ3v) is 3.45. The Morgan fingerprint density at radius 1 is 0.950 bits per heavy atom. The van der Waals surface area contributed by atoms with Gasteiger partial charge in [-0.15, -0.1) is 0 Å². The van der Waals surface area contributed by atoms with Gasteiger partial charge < -0.3 is 4.74 Å². The third kappa shape index (κ3) is 3.27. The number of ether oxygens (including phenoxy) is 1. The molecule has 2 rings (SSSR count). The van der Waals surface area contributed by atoms with Crippen LogP contribution in [-0.4, -0.2) is 13.1 Å². The molecule has 0 heterocycles. The quantitative estimate of drug-likeness (QED) is 0.780. The molecule has 0 aliphatic carbocycles. The van der Waals surface area contributed by atoms with Crippen molar-refractivity contribution in [3.8, 4) is 11.1 Å². The molecule has 0 N–H and O–H groups in total. The summed E-state index contributed by atoms with van der Waals surface area (Å²) in [5, 5.41) is 0. The second kappa shape index (κ2) is 5.91. The van der Waals surface area contributed by atoms with Crippen molar-refractivity contribution in [3.63, 3.8) is 0 Å². The molecule has 0 fully saturated rings. The molecule has 104 valence electrons. The Kier molecular flexibility index (Phi) is 4.23. The zero-order chi connectivity index (χ0) is 14.6. The fourth-order valence-electron chi connectivity index (χ4n) is 2.30. The molecule has 0 bridgehead atoms. The molecule has 20 heavy (non-hydrogen) atoms. The van der Waals surface area contributed by atoms with Crippen LogP contribution < -0.4 is 0 Å². The number of carbonyl (C=O) groups is 1. The summed E-state index contributed by atoms with van der Waals surface area (Å²) in [6.07, 6.45) is 0.675. The van der Waals surface area contributed by atoms with Gasteiger partial charge in [-0.05, 0) is 37.0 Å². The summed E-state index contributed by atoms with van der Waals surface area (Å²) in [6.45, 7) is 3.81. The lowest BCUT2D eigenvalue weighted by Gasteiger charge is -2.21. The van der Waals surface area contributed by atoms with E-state index in [-0.39, 0.29) is 5.97 Å². The number of carbonyl (C=O) groups excluding carboxylic acids is 1. The molecule has 0 saturated heterocycles. The molecule has 0 aliphatic rings. The normalized spacial score (nSPS) is 11.2. The summed E-state index contributed by atoms with van der Waals surface area (Å²) >= 11 is 0.